The van der Waals surface area contributed by atoms with Crippen LogP contribution in [0.4, 0.5) is 0 Å². The molecule has 1 unspecified atom stereocenters. The van der Waals surface area contributed by atoms with E-state index in [0.717, 1.165) is 0 Å². The van der Waals surface area contributed by atoms with Crippen molar-refractivity contribution in [2.45, 2.75) is 0 Å². The Hall–Kier alpha value is -1.23. The van der Waals surface area contributed by atoms with Crippen molar-refractivity contribution in [3.8, 4) is 5.82 Å². The molecule has 5 nitrogen and oxygen atoms in total. The summed E-state index contributed by atoms with van der Waals surface area (Å²) in [5.41, 5.74) is -0.0117. The fraction of sp³-hybridized carbons (Fsp3) is 0. The van der Waals surface area contributed by atoms with E-state index >= 15 is 0 Å². The Morgan fingerprint density at radius 1 is 0.952 bits per heavy atom. The summed E-state index contributed by atoms with van der Waals surface area (Å²) in [6.45, 7) is 0. The molecule has 21 heavy (non-hydrogen) atoms. The van der Waals surface area contributed by atoms with E-state index in [1.807, 2.05) is 0 Å². The molecule has 0 saturated heterocycles. The Kier molecular flexibility index (Phi) is 5.14. The van der Waals surface area contributed by atoms with Gasteiger partial charge in [-0.25, -0.2) is 9.97 Å². The van der Waals surface area contributed by atoms with Gasteiger partial charge in [0.1, 0.15) is 13.2 Å². The van der Waals surface area contributed by atoms with Crippen molar-refractivity contribution in [1.82, 2.24) is 14.5 Å². The minimum Gasteiger partial charge on any atom is -0.790 e. The van der Waals surface area contributed by atoms with E-state index in [-0.39, 0.29) is 40.4 Å². The zero-order chi connectivity index (χ0) is 14.0. The number of benzene rings is 1. The zero-order valence-corrected chi connectivity index (χ0v) is 14.4. The maximum absolute atomic E-state index is 12.6. The minimum atomic E-state index is -3.99. The van der Waals surface area contributed by atoms with Crippen molar-refractivity contribution in [3.05, 3.63) is 67.1 Å². The Morgan fingerprint density at radius 3 is 2.33 bits per heavy atom. The van der Waals surface area contributed by atoms with Gasteiger partial charge in [0.25, 0.3) is 0 Å². The molecule has 0 aliphatic rings. The van der Waals surface area contributed by atoms with E-state index in [1.165, 1.54) is 10.8 Å². The second kappa shape index (κ2) is 6.69. The molecule has 3 rings (SSSR count). The summed E-state index contributed by atoms with van der Waals surface area (Å²) >= 11 is 0. The first-order chi connectivity index (χ1) is 9.69. The molecule has 1 atom stereocenters. The van der Waals surface area contributed by atoms with Crippen LogP contribution in [-0.2, 0) is 4.57 Å². The number of imidazole rings is 1. The summed E-state index contributed by atoms with van der Waals surface area (Å²) < 4.78 is 14.1. The third-order valence-electron chi connectivity index (χ3n) is 2.88. The molecule has 0 amide bonds. The smallest absolute Gasteiger partial charge is 0.165 e. The van der Waals surface area contributed by atoms with Gasteiger partial charge in [0.2, 0.25) is 0 Å². The average molecular weight is 307 g/mol. The molecular weight excluding hydrogens is 296 g/mol. The molecule has 1 radical (unpaired) electrons. The van der Waals surface area contributed by atoms with Crippen molar-refractivity contribution >= 4 is 47.8 Å². The molecule has 1 aromatic carbocycles. The van der Waals surface area contributed by atoms with Gasteiger partial charge in [-0.1, -0.05) is 36.4 Å². The third-order valence-corrected chi connectivity index (χ3v) is 4.71. The molecule has 2 aromatic heterocycles. The quantitative estimate of drug-likeness (QED) is 0.521. The van der Waals surface area contributed by atoms with E-state index in [1.54, 1.807) is 60.9 Å². The summed E-state index contributed by atoms with van der Waals surface area (Å²) in [5.74, 6) is 0.520. The first-order valence-corrected chi connectivity index (χ1v) is 7.64. The largest absolute Gasteiger partial charge is 0.790 e. The van der Waals surface area contributed by atoms with Crippen molar-refractivity contribution in [2.24, 2.45) is 0 Å². The maximum atomic E-state index is 12.6. The summed E-state index contributed by atoms with van der Waals surface area (Å²) in [6, 6.07) is 13.6. The predicted molar refractivity (Wildman–Crippen MR) is 80.4 cm³/mol. The van der Waals surface area contributed by atoms with Gasteiger partial charge in [-0.2, -0.15) is 0 Å². The molecular formula is C14H11N3NaO2P-. The standard InChI is InChI=1S/C14H12N3O2P.Na/c18-20(19,12-6-2-1-3-7-12)14-16-10-11-17(14)13-8-4-5-9-15-13;/h1-11H,(H,18,19);/p-1. The zero-order valence-electron chi connectivity index (χ0n) is 11.5. The van der Waals surface area contributed by atoms with Gasteiger partial charge >= 0.3 is 0 Å². The van der Waals surface area contributed by atoms with E-state index in [9.17, 15) is 9.46 Å². The second-order valence-corrected chi connectivity index (χ2v) is 6.19. The summed E-state index contributed by atoms with van der Waals surface area (Å²) in [6.07, 6.45) is 4.65. The Morgan fingerprint density at radius 2 is 1.67 bits per heavy atom. The van der Waals surface area contributed by atoms with Crippen molar-refractivity contribution in [2.75, 3.05) is 0 Å². The molecule has 3 aromatic rings. The minimum absolute atomic E-state index is 0. The molecule has 0 bridgehead atoms. The fourth-order valence-corrected chi connectivity index (χ4v) is 3.40. The number of rotatable bonds is 3. The third kappa shape index (κ3) is 3.18. The molecule has 0 spiro atoms. The van der Waals surface area contributed by atoms with Gasteiger partial charge < -0.3 is 9.46 Å². The van der Waals surface area contributed by atoms with Gasteiger partial charge in [0.15, 0.2) is 5.57 Å². The van der Waals surface area contributed by atoms with Crippen LogP contribution < -0.4 is 15.8 Å². The monoisotopic (exact) mass is 307 g/mol. The van der Waals surface area contributed by atoms with Crippen LogP contribution in [0, 0.1) is 0 Å². The normalized spacial score (nSPS) is 13.2. The molecule has 7 heteroatoms. The van der Waals surface area contributed by atoms with Crippen molar-refractivity contribution < 1.29 is 9.46 Å². The van der Waals surface area contributed by atoms with Crippen LogP contribution in [0.3, 0.4) is 0 Å². The molecule has 2 heterocycles. The van der Waals surface area contributed by atoms with Gasteiger partial charge in [-0.15, -0.1) is 0 Å². The Balaban J connectivity index is 0.00000161. The Labute approximate surface area is 144 Å². The molecule has 0 N–H and O–H groups in total. The first kappa shape index (κ1) is 16.1. The van der Waals surface area contributed by atoms with Crippen LogP contribution in [0.5, 0.6) is 0 Å². The SMILES string of the molecule is O=P([O-])(c1ccccc1)c1nccn1-c1ccccn1.[Na]. The second-order valence-electron chi connectivity index (χ2n) is 4.17. The van der Waals surface area contributed by atoms with Crippen LogP contribution in [0.1, 0.15) is 0 Å². The van der Waals surface area contributed by atoms with Gasteiger partial charge in [0, 0.05) is 53.5 Å². The van der Waals surface area contributed by atoms with Crippen LogP contribution >= 0.6 is 7.37 Å². The van der Waals surface area contributed by atoms with Gasteiger partial charge in [-0.3, -0.25) is 4.57 Å². The Bertz CT molecular complexity index is 762. The first-order valence-electron chi connectivity index (χ1n) is 6.01. The van der Waals surface area contributed by atoms with Crippen molar-refractivity contribution in [1.29, 1.82) is 0 Å². The number of hydrogen-bond acceptors (Lipinski definition) is 4. The van der Waals surface area contributed by atoms with Crippen LogP contribution in [-0.4, -0.2) is 44.1 Å². The van der Waals surface area contributed by atoms with Crippen molar-refractivity contribution in [3.63, 3.8) is 0 Å². The molecule has 101 valence electrons. The molecule has 0 aliphatic carbocycles. The van der Waals surface area contributed by atoms with E-state index < -0.39 is 7.37 Å². The predicted octanol–water partition coefficient (Wildman–Crippen LogP) is 0.476. The molecule has 0 saturated carbocycles. The fourth-order valence-electron chi connectivity index (χ4n) is 1.93. The summed E-state index contributed by atoms with van der Waals surface area (Å²) in [5, 5.41) is 0.239. The summed E-state index contributed by atoms with van der Waals surface area (Å²) in [7, 11) is -3.99. The topological polar surface area (TPSA) is 70.8 Å². The molecule has 0 fully saturated rings. The van der Waals surface area contributed by atoms with Crippen LogP contribution in [0.2, 0.25) is 0 Å². The van der Waals surface area contributed by atoms with Gasteiger partial charge in [-0.05, 0) is 12.1 Å². The average Bonchev–Trinajstić information content (AvgIpc) is 2.99. The maximum Gasteiger partial charge on any atom is 0.165 e. The van der Waals surface area contributed by atoms with E-state index in [2.05, 4.69) is 9.97 Å². The van der Waals surface area contributed by atoms with E-state index in [4.69, 9.17) is 0 Å². The summed E-state index contributed by atoms with van der Waals surface area (Å²) in [4.78, 5) is 20.7. The van der Waals surface area contributed by atoms with Crippen LogP contribution in [0.25, 0.3) is 5.82 Å². The molecule has 0 aliphatic heterocycles. The van der Waals surface area contributed by atoms with Gasteiger partial charge in [0.05, 0.1) is 0 Å². The number of hydrogen-bond donors (Lipinski definition) is 0. The number of pyridine rings is 1. The van der Waals surface area contributed by atoms with E-state index in [0.29, 0.717) is 5.82 Å². The van der Waals surface area contributed by atoms with Crippen LogP contribution in [0.15, 0.2) is 67.1 Å². The number of aromatic nitrogens is 3. The number of nitrogens with zero attached hydrogens (tertiary/aromatic N) is 3.